The molecule has 1 heterocycles. The predicted molar refractivity (Wildman–Crippen MR) is 114 cm³/mol. The fourth-order valence-corrected chi connectivity index (χ4v) is 6.47. The fraction of sp³-hybridized carbons (Fsp3) is 0.583. The van der Waals surface area contributed by atoms with Gasteiger partial charge in [-0.25, -0.2) is 5.01 Å². The van der Waals surface area contributed by atoms with Crippen LogP contribution in [0.5, 0.6) is 0 Å². The van der Waals surface area contributed by atoms with E-state index < -0.39 is 5.97 Å². The van der Waals surface area contributed by atoms with E-state index in [1.165, 1.54) is 24.3 Å². The van der Waals surface area contributed by atoms with Crippen molar-refractivity contribution < 1.29 is 19.1 Å². The van der Waals surface area contributed by atoms with Gasteiger partial charge in [-0.3, -0.25) is 14.4 Å². The van der Waals surface area contributed by atoms with Crippen LogP contribution in [-0.4, -0.2) is 48.2 Å². The molecule has 5 aliphatic rings. The summed E-state index contributed by atoms with van der Waals surface area (Å²) in [6.07, 6.45) is 7.33. The quantitative estimate of drug-likeness (QED) is 0.712. The molecule has 164 valence electrons. The Balaban J connectivity index is 1.08. The third-order valence-corrected chi connectivity index (χ3v) is 7.47. The molecule has 0 saturated heterocycles. The highest BCUT2D eigenvalue weighted by Gasteiger charge is 2.54. The number of hydrogen-bond donors (Lipinski definition) is 1. The van der Waals surface area contributed by atoms with Crippen LogP contribution in [0.1, 0.15) is 50.5 Å². The summed E-state index contributed by atoms with van der Waals surface area (Å²) < 4.78 is 5.11. The second kappa shape index (κ2) is 8.09. The van der Waals surface area contributed by atoms with Gasteiger partial charge in [-0.1, -0.05) is 30.3 Å². The molecule has 1 aromatic carbocycles. The molecule has 4 saturated carbocycles. The SMILES string of the molecule is O=C(CNC(=O)C12CC3CC(CC(C3)C1)C2)OCC(=O)N1CCC(c2ccccc2)=N1. The zero-order valence-corrected chi connectivity index (χ0v) is 17.7. The van der Waals surface area contributed by atoms with Gasteiger partial charge in [0.2, 0.25) is 5.91 Å². The van der Waals surface area contributed by atoms with E-state index in [1.54, 1.807) is 0 Å². The van der Waals surface area contributed by atoms with E-state index in [9.17, 15) is 14.4 Å². The van der Waals surface area contributed by atoms with Crippen molar-refractivity contribution in [1.29, 1.82) is 0 Å². The van der Waals surface area contributed by atoms with Crippen molar-refractivity contribution in [3.05, 3.63) is 35.9 Å². The third-order valence-electron chi connectivity index (χ3n) is 7.47. The maximum Gasteiger partial charge on any atom is 0.325 e. The fourth-order valence-electron chi connectivity index (χ4n) is 6.47. The number of esters is 1. The zero-order valence-electron chi connectivity index (χ0n) is 17.7. The van der Waals surface area contributed by atoms with E-state index in [1.807, 2.05) is 30.3 Å². The largest absolute Gasteiger partial charge is 0.454 e. The molecular formula is C24H29N3O4. The number of hydrazone groups is 1. The van der Waals surface area contributed by atoms with E-state index in [4.69, 9.17) is 4.74 Å². The van der Waals surface area contributed by atoms with Crippen molar-refractivity contribution in [2.75, 3.05) is 19.7 Å². The van der Waals surface area contributed by atoms with Crippen LogP contribution in [0.15, 0.2) is 35.4 Å². The molecule has 2 amide bonds. The first kappa shape index (κ1) is 20.2. The van der Waals surface area contributed by atoms with Gasteiger partial charge in [0.05, 0.1) is 12.3 Å². The van der Waals surface area contributed by atoms with E-state index in [2.05, 4.69) is 10.4 Å². The molecule has 31 heavy (non-hydrogen) atoms. The summed E-state index contributed by atoms with van der Waals surface area (Å²) in [5.74, 6) is 1.06. The van der Waals surface area contributed by atoms with Crippen LogP contribution >= 0.6 is 0 Å². The minimum Gasteiger partial charge on any atom is -0.454 e. The highest BCUT2D eigenvalue weighted by atomic mass is 16.5. The lowest BCUT2D eigenvalue weighted by atomic mass is 9.49. The molecule has 7 heteroatoms. The molecule has 0 atom stereocenters. The van der Waals surface area contributed by atoms with Crippen molar-refractivity contribution in [3.63, 3.8) is 0 Å². The zero-order chi connectivity index (χ0) is 21.4. The molecule has 6 rings (SSSR count). The van der Waals surface area contributed by atoms with Crippen molar-refractivity contribution >= 4 is 23.5 Å². The van der Waals surface area contributed by atoms with Gasteiger partial charge >= 0.3 is 5.97 Å². The molecule has 1 aliphatic heterocycles. The summed E-state index contributed by atoms with van der Waals surface area (Å²) in [6, 6.07) is 9.71. The number of carbonyl (C=O) groups is 3. The average molecular weight is 424 g/mol. The highest BCUT2D eigenvalue weighted by Crippen LogP contribution is 2.60. The Kier molecular flexibility index (Phi) is 5.28. The van der Waals surface area contributed by atoms with Gasteiger partial charge in [-0.2, -0.15) is 5.10 Å². The van der Waals surface area contributed by atoms with Gasteiger partial charge < -0.3 is 10.1 Å². The molecule has 7 nitrogen and oxygen atoms in total. The Morgan fingerprint density at radius 3 is 2.32 bits per heavy atom. The van der Waals surface area contributed by atoms with Gasteiger partial charge in [-0.15, -0.1) is 0 Å². The first-order valence-corrected chi connectivity index (χ1v) is 11.4. The summed E-state index contributed by atoms with van der Waals surface area (Å²) in [6.45, 7) is -0.0760. The smallest absolute Gasteiger partial charge is 0.325 e. The number of benzene rings is 1. The van der Waals surface area contributed by atoms with Crippen molar-refractivity contribution in [3.8, 4) is 0 Å². The first-order valence-electron chi connectivity index (χ1n) is 11.4. The van der Waals surface area contributed by atoms with Crippen LogP contribution in [0.2, 0.25) is 0 Å². The van der Waals surface area contributed by atoms with Gasteiger partial charge in [0.15, 0.2) is 6.61 Å². The molecule has 4 fully saturated rings. The van der Waals surface area contributed by atoms with E-state index in [0.29, 0.717) is 30.7 Å². The lowest BCUT2D eigenvalue weighted by molar-refractivity contribution is -0.154. The monoisotopic (exact) mass is 423 g/mol. The van der Waals surface area contributed by atoms with E-state index in [0.717, 1.165) is 30.5 Å². The average Bonchev–Trinajstić information content (AvgIpc) is 3.26. The molecule has 1 aromatic rings. The lowest BCUT2D eigenvalue weighted by Crippen LogP contribution is -2.54. The van der Waals surface area contributed by atoms with E-state index in [-0.39, 0.29) is 30.4 Å². The predicted octanol–water partition coefficient (Wildman–Crippen LogP) is 2.50. The third kappa shape index (κ3) is 4.10. The van der Waals surface area contributed by atoms with Crippen LogP contribution < -0.4 is 5.32 Å². The number of carbonyl (C=O) groups excluding carboxylic acids is 3. The number of nitrogens with zero attached hydrogens (tertiary/aromatic N) is 2. The minimum atomic E-state index is -0.585. The molecule has 0 unspecified atom stereocenters. The number of amides is 2. The highest BCUT2D eigenvalue weighted by molar-refractivity contribution is 6.02. The number of hydrogen-bond acceptors (Lipinski definition) is 5. The Hall–Kier alpha value is -2.70. The second-order valence-electron chi connectivity index (χ2n) is 9.72. The van der Waals surface area contributed by atoms with Gasteiger partial charge in [0.25, 0.3) is 5.91 Å². The van der Waals surface area contributed by atoms with Crippen LogP contribution in [-0.2, 0) is 19.1 Å². The van der Waals surface area contributed by atoms with Gasteiger partial charge in [0, 0.05) is 11.8 Å². The lowest BCUT2D eigenvalue weighted by Gasteiger charge is -2.55. The number of nitrogens with one attached hydrogen (secondary N) is 1. The van der Waals surface area contributed by atoms with Crippen LogP contribution in [0.3, 0.4) is 0 Å². The maximum atomic E-state index is 12.9. The molecule has 0 radical (unpaired) electrons. The van der Waals surface area contributed by atoms with Crippen LogP contribution in [0, 0.1) is 23.2 Å². The van der Waals surface area contributed by atoms with Crippen molar-refractivity contribution in [2.45, 2.75) is 44.9 Å². The molecule has 1 N–H and O–H groups in total. The summed E-state index contributed by atoms with van der Waals surface area (Å²) in [7, 11) is 0. The van der Waals surface area contributed by atoms with Crippen molar-refractivity contribution in [1.82, 2.24) is 10.3 Å². The molecule has 4 aliphatic carbocycles. The molecular weight excluding hydrogens is 394 g/mol. The van der Waals surface area contributed by atoms with Crippen LogP contribution in [0.4, 0.5) is 0 Å². The number of ether oxygens (including phenoxy) is 1. The van der Waals surface area contributed by atoms with E-state index >= 15 is 0 Å². The Bertz CT molecular complexity index is 875. The van der Waals surface area contributed by atoms with Crippen molar-refractivity contribution in [2.24, 2.45) is 28.3 Å². The van der Waals surface area contributed by atoms with Gasteiger partial charge in [0.1, 0.15) is 6.54 Å². The Morgan fingerprint density at radius 1 is 1.03 bits per heavy atom. The summed E-state index contributed by atoms with van der Waals surface area (Å²) >= 11 is 0. The summed E-state index contributed by atoms with van der Waals surface area (Å²) in [5.41, 5.74) is 1.55. The molecule has 0 spiro atoms. The summed E-state index contributed by atoms with van der Waals surface area (Å²) in [5, 5.41) is 8.50. The standard InChI is InChI=1S/C24H29N3O4/c28-21(27-7-6-20(26-27)19-4-2-1-3-5-19)15-31-22(29)14-25-23(30)24-11-16-8-17(12-24)10-18(9-16)13-24/h1-5,16-18H,6-15H2,(H,25,30). The number of rotatable bonds is 6. The van der Waals surface area contributed by atoms with Gasteiger partial charge in [-0.05, 0) is 61.8 Å². The normalized spacial score (nSPS) is 30.8. The molecule has 0 aromatic heterocycles. The second-order valence-corrected chi connectivity index (χ2v) is 9.72. The maximum absolute atomic E-state index is 12.9. The Morgan fingerprint density at radius 2 is 1.68 bits per heavy atom. The summed E-state index contributed by atoms with van der Waals surface area (Å²) in [4.78, 5) is 37.4. The molecule has 4 bridgehead atoms. The van der Waals surface area contributed by atoms with Crippen LogP contribution in [0.25, 0.3) is 0 Å². The minimum absolute atomic E-state index is 0.00785. The topological polar surface area (TPSA) is 88.1 Å². The first-order chi connectivity index (χ1) is 15.0. The Labute approximate surface area is 182 Å².